The normalized spacial score (nSPS) is 18.0. The van der Waals surface area contributed by atoms with Crippen molar-refractivity contribution in [2.24, 2.45) is 5.92 Å². The minimum Gasteiger partial charge on any atom is -0.205 e. The first-order valence-corrected chi connectivity index (χ1v) is 13.1. The third kappa shape index (κ3) is 6.19. The van der Waals surface area contributed by atoms with E-state index in [1.165, 1.54) is 81.9 Å². The molecule has 3 aromatic rings. The van der Waals surface area contributed by atoms with Gasteiger partial charge in [-0.3, -0.25) is 0 Å². The molecule has 0 amide bonds. The molecule has 34 heavy (non-hydrogen) atoms. The molecule has 0 nitrogen and oxygen atoms in total. The maximum Gasteiger partial charge on any atom is 0.146 e. The minimum atomic E-state index is -0.527. The summed E-state index contributed by atoms with van der Waals surface area (Å²) in [4.78, 5) is 0. The van der Waals surface area contributed by atoms with Crippen molar-refractivity contribution in [3.8, 4) is 11.8 Å². The van der Waals surface area contributed by atoms with Gasteiger partial charge >= 0.3 is 0 Å². The summed E-state index contributed by atoms with van der Waals surface area (Å²) in [6.07, 6.45) is 13.3. The lowest BCUT2D eigenvalue weighted by Gasteiger charge is -2.29. The standard InChI is InChI=1S/C31H33ClF2/c1-2-3-4-5-6-7-22-8-12-24(13-9-22)26-17-18-28-27(21-26)16-15-25(31(28)34)14-10-23-11-19-29(32)30(33)20-23/h11,15-22,24H,2-9,12-13H2,1H3. The minimum absolute atomic E-state index is 0.0501. The predicted molar refractivity (Wildman–Crippen MR) is 139 cm³/mol. The summed E-state index contributed by atoms with van der Waals surface area (Å²) in [6.45, 7) is 2.27. The Morgan fingerprint density at radius 2 is 1.65 bits per heavy atom. The molecule has 1 fully saturated rings. The molecule has 4 rings (SSSR count). The molecule has 1 saturated carbocycles. The highest BCUT2D eigenvalue weighted by atomic mass is 35.5. The summed E-state index contributed by atoms with van der Waals surface area (Å²) in [5.74, 6) is 6.29. The topological polar surface area (TPSA) is 0 Å². The van der Waals surface area contributed by atoms with Crippen LogP contribution in [0.4, 0.5) is 8.78 Å². The Morgan fingerprint density at radius 1 is 0.853 bits per heavy atom. The summed E-state index contributed by atoms with van der Waals surface area (Å²) >= 11 is 5.72. The van der Waals surface area contributed by atoms with Crippen LogP contribution in [0, 0.1) is 29.4 Å². The van der Waals surface area contributed by atoms with Gasteiger partial charge in [-0.05, 0) is 72.7 Å². The Kier molecular flexibility index (Phi) is 8.63. The quantitative estimate of drug-likeness (QED) is 0.234. The average Bonchev–Trinajstić information content (AvgIpc) is 2.86. The van der Waals surface area contributed by atoms with E-state index in [0.717, 1.165) is 11.3 Å². The second kappa shape index (κ2) is 11.9. The number of benzene rings is 3. The van der Waals surface area contributed by atoms with Crippen LogP contribution in [0.1, 0.15) is 93.7 Å². The molecular weight excluding hydrogens is 446 g/mol. The van der Waals surface area contributed by atoms with Crippen molar-refractivity contribution in [1.29, 1.82) is 0 Å². The molecule has 0 heterocycles. The second-order valence-electron chi connectivity index (χ2n) is 9.71. The first-order chi connectivity index (χ1) is 16.5. The Bertz CT molecular complexity index is 1180. The van der Waals surface area contributed by atoms with Gasteiger partial charge in [-0.2, -0.15) is 0 Å². The number of halogens is 3. The molecule has 0 radical (unpaired) electrons. The van der Waals surface area contributed by atoms with Gasteiger partial charge in [0, 0.05) is 10.9 Å². The number of fused-ring (bicyclic) bond motifs is 1. The van der Waals surface area contributed by atoms with Gasteiger partial charge in [0.15, 0.2) is 0 Å². The van der Waals surface area contributed by atoms with E-state index in [1.54, 1.807) is 12.1 Å². The van der Waals surface area contributed by atoms with Gasteiger partial charge in [-0.1, -0.05) is 93.2 Å². The van der Waals surface area contributed by atoms with Crippen LogP contribution in [-0.4, -0.2) is 0 Å². The Balaban J connectivity index is 1.40. The number of rotatable bonds is 7. The number of unbranched alkanes of at least 4 members (excludes halogenated alkanes) is 4. The van der Waals surface area contributed by atoms with E-state index in [-0.39, 0.29) is 10.8 Å². The molecule has 0 saturated heterocycles. The lowest BCUT2D eigenvalue weighted by atomic mass is 9.76. The second-order valence-corrected chi connectivity index (χ2v) is 10.1. The summed E-state index contributed by atoms with van der Waals surface area (Å²) in [5.41, 5.74) is 2.10. The van der Waals surface area contributed by atoms with Crippen molar-refractivity contribution in [2.75, 3.05) is 0 Å². The van der Waals surface area contributed by atoms with Gasteiger partial charge in [0.1, 0.15) is 11.6 Å². The Hall–Kier alpha value is -2.37. The first-order valence-electron chi connectivity index (χ1n) is 12.7. The maximum absolute atomic E-state index is 15.1. The zero-order valence-corrected chi connectivity index (χ0v) is 20.7. The molecular formula is C31H33ClF2. The SMILES string of the molecule is CCCCCCCC1CCC(c2ccc3c(F)c(C#Cc4ccc(Cl)c(F)c4)ccc3c2)CC1. The lowest BCUT2D eigenvalue weighted by molar-refractivity contribution is 0.302. The monoisotopic (exact) mass is 478 g/mol. The molecule has 0 unspecified atom stereocenters. The van der Waals surface area contributed by atoms with Crippen LogP contribution in [0.2, 0.25) is 5.02 Å². The molecule has 0 spiro atoms. The average molecular weight is 479 g/mol. The van der Waals surface area contributed by atoms with Crippen molar-refractivity contribution >= 4 is 22.4 Å². The van der Waals surface area contributed by atoms with Crippen molar-refractivity contribution in [2.45, 2.75) is 77.0 Å². The molecule has 178 valence electrons. The fourth-order valence-electron chi connectivity index (χ4n) is 5.20. The van der Waals surface area contributed by atoms with Crippen molar-refractivity contribution < 1.29 is 8.78 Å². The molecule has 0 aromatic heterocycles. The van der Waals surface area contributed by atoms with Crippen molar-refractivity contribution in [3.05, 3.63) is 81.9 Å². The van der Waals surface area contributed by atoms with Crippen molar-refractivity contribution in [1.82, 2.24) is 0 Å². The van der Waals surface area contributed by atoms with E-state index >= 15 is 4.39 Å². The first kappa shape index (κ1) is 24.7. The lowest BCUT2D eigenvalue weighted by Crippen LogP contribution is -2.13. The van der Waals surface area contributed by atoms with Crippen LogP contribution in [0.15, 0.2) is 48.5 Å². The molecule has 1 aliphatic carbocycles. The molecule has 0 bridgehead atoms. The molecule has 3 heteroatoms. The molecule has 0 N–H and O–H groups in total. The summed E-state index contributed by atoms with van der Waals surface area (Å²) < 4.78 is 28.8. The molecule has 0 atom stereocenters. The fourth-order valence-corrected chi connectivity index (χ4v) is 5.31. The van der Waals surface area contributed by atoms with Crippen LogP contribution in [0.25, 0.3) is 10.8 Å². The highest BCUT2D eigenvalue weighted by molar-refractivity contribution is 6.30. The van der Waals surface area contributed by atoms with E-state index in [9.17, 15) is 4.39 Å². The van der Waals surface area contributed by atoms with Gasteiger partial charge in [-0.15, -0.1) is 0 Å². The highest BCUT2D eigenvalue weighted by Gasteiger charge is 2.22. The Labute approximate surface area is 207 Å². The van der Waals surface area contributed by atoms with E-state index in [4.69, 9.17) is 11.6 Å². The zero-order chi connectivity index (χ0) is 23.9. The molecule has 3 aromatic carbocycles. The number of hydrogen-bond donors (Lipinski definition) is 0. The van der Waals surface area contributed by atoms with Gasteiger partial charge in [0.05, 0.1) is 10.6 Å². The third-order valence-corrected chi connectivity index (χ3v) is 7.58. The van der Waals surface area contributed by atoms with Gasteiger partial charge in [0.25, 0.3) is 0 Å². The zero-order valence-electron chi connectivity index (χ0n) is 20.0. The third-order valence-electron chi connectivity index (χ3n) is 7.27. The summed E-state index contributed by atoms with van der Waals surface area (Å²) in [6, 6.07) is 14.2. The molecule has 0 aliphatic heterocycles. The largest absolute Gasteiger partial charge is 0.205 e. The van der Waals surface area contributed by atoms with E-state index in [1.807, 2.05) is 12.1 Å². The summed E-state index contributed by atoms with van der Waals surface area (Å²) in [7, 11) is 0. The van der Waals surface area contributed by atoms with Gasteiger partial charge in [0.2, 0.25) is 0 Å². The van der Waals surface area contributed by atoms with E-state index < -0.39 is 5.82 Å². The van der Waals surface area contributed by atoms with Crippen LogP contribution in [-0.2, 0) is 0 Å². The van der Waals surface area contributed by atoms with Crippen LogP contribution >= 0.6 is 11.6 Å². The van der Waals surface area contributed by atoms with E-state index in [0.29, 0.717) is 22.4 Å². The number of hydrogen-bond acceptors (Lipinski definition) is 0. The predicted octanol–water partition coefficient (Wildman–Crippen LogP) is 9.81. The summed E-state index contributed by atoms with van der Waals surface area (Å²) in [5, 5.41) is 1.55. The maximum atomic E-state index is 15.1. The van der Waals surface area contributed by atoms with Crippen LogP contribution in [0.5, 0.6) is 0 Å². The smallest absolute Gasteiger partial charge is 0.146 e. The Morgan fingerprint density at radius 3 is 2.41 bits per heavy atom. The van der Waals surface area contributed by atoms with Gasteiger partial charge in [-0.25, -0.2) is 8.78 Å². The van der Waals surface area contributed by atoms with Crippen molar-refractivity contribution in [3.63, 3.8) is 0 Å². The molecule has 1 aliphatic rings. The van der Waals surface area contributed by atoms with E-state index in [2.05, 4.69) is 30.9 Å². The fraction of sp³-hybridized carbons (Fsp3) is 0.419. The van der Waals surface area contributed by atoms with Crippen LogP contribution < -0.4 is 0 Å². The van der Waals surface area contributed by atoms with Gasteiger partial charge < -0.3 is 0 Å². The van der Waals surface area contributed by atoms with Crippen LogP contribution in [0.3, 0.4) is 0 Å². The highest BCUT2D eigenvalue weighted by Crippen LogP contribution is 2.39.